The molecule has 0 spiro atoms. The van der Waals surface area contributed by atoms with Gasteiger partial charge in [0.2, 0.25) is 0 Å². The summed E-state index contributed by atoms with van der Waals surface area (Å²) < 4.78 is 1.89. The number of amides is 1. The molecule has 2 aromatic rings. The molecular formula is C12H16N4OS. The molecular weight excluding hydrogens is 248 g/mol. The van der Waals surface area contributed by atoms with Crippen LogP contribution in [0, 0.1) is 0 Å². The standard InChI is InChI=1S/C12H16N4OS/c1-2-4-9(12(17)15-13)16-7-6-14-11(16)10-5-3-8-18-10/h3,5-9H,2,4,13H2,1H3,(H,15,17). The monoisotopic (exact) mass is 264 g/mol. The van der Waals surface area contributed by atoms with Gasteiger partial charge in [-0.15, -0.1) is 11.3 Å². The Balaban J connectivity index is 2.37. The van der Waals surface area contributed by atoms with Crippen LogP contribution in [0.15, 0.2) is 29.9 Å². The molecule has 3 N–H and O–H groups in total. The zero-order valence-corrected chi connectivity index (χ0v) is 11.0. The van der Waals surface area contributed by atoms with Gasteiger partial charge in [0, 0.05) is 12.4 Å². The Labute approximate surface area is 110 Å². The number of nitrogens with two attached hydrogens (primary N) is 1. The lowest BCUT2D eigenvalue weighted by Gasteiger charge is -2.18. The second-order valence-electron chi connectivity index (χ2n) is 3.95. The summed E-state index contributed by atoms with van der Waals surface area (Å²) in [5.74, 6) is 5.87. The first-order chi connectivity index (χ1) is 8.77. The number of carbonyl (C=O) groups is 1. The minimum absolute atomic E-state index is 0.187. The average molecular weight is 264 g/mol. The van der Waals surface area contributed by atoms with Gasteiger partial charge in [-0.25, -0.2) is 10.8 Å². The third-order valence-corrected chi connectivity index (χ3v) is 3.62. The quantitative estimate of drug-likeness (QED) is 0.492. The molecule has 2 heterocycles. The van der Waals surface area contributed by atoms with E-state index in [0.29, 0.717) is 0 Å². The van der Waals surface area contributed by atoms with Gasteiger partial charge >= 0.3 is 0 Å². The number of rotatable bonds is 5. The van der Waals surface area contributed by atoms with Crippen LogP contribution < -0.4 is 11.3 Å². The second kappa shape index (κ2) is 5.79. The summed E-state index contributed by atoms with van der Waals surface area (Å²) in [6.07, 6.45) is 5.17. The van der Waals surface area contributed by atoms with Crippen LogP contribution in [0.25, 0.3) is 10.7 Å². The van der Waals surface area contributed by atoms with E-state index in [1.54, 1.807) is 17.5 Å². The van der Waals surface area contributed by atoms with Crippen LogP contribution in [0.2, 0.25) is 0 Å². The first-order valence-electron chi connectivity index (χ1n) is 5.85. The molecule has 0 saturated carbocycles. The van der Waals surface area contributed by atoms with E-state index in [4.69, 9.17) is 5.84 Å². The van der Waals surface area contributed by atoms with E-state index in [0.717, 1.165) is 23.5 Å². The van der Waals surface area contributed by atoms with E-state index < -0.39 is 0 Å². The molecule has 2 rings (SSSR count). The maximum atomic E-state index is 11.8. The molecule has 0 aliphatic rings. The molecule has 5 nitrogen and oxygen atoms in total. The van der Waals surface area contributed by atoms with Gasteiger partial charge in [0.25, 0.3) is 5.91 Å². The Morgan fingerprint density at radius 1 is 1.67 bits per heavy atom. The molecule has 0 aromatic carbocycles. The highest BCUT2D eigenvalue weighted by Gasteiger charge is 2.21. The highest BCUT2D eigenvalue weighted by molar-refractivity contribution is 7.13. The first kappa shape index (κ1) is 12.8. The number of nitrogens with zero attached hydrogens (tertiary/aromatic N) is 2. The number of carbonyl (C=O) groups excluding carboxylic acids is 1. The molecule has 1 unspecified atom stereocenters. The summed E-state index contributed by atoms with van der Waals surface area (Å²) in [5, 5.41) is 1.99. The Hall–Kier alpha value is -1.66. The fourth-order valence-electron chi connectivity index (χ4n) is 1.93. The molecule has 0 aliphatic heterocycles. The van der Waals surface area contributed by atoms with Gasteiger partial charge in [-0.05, 0) is 17.9 Å². The Morgan fingerprint density at radius 3 is 3.11 bits per heavy atom. The molecule has 0 radical (unpaired) electrons. The number of hydrogen-bond acceptors (Lipinski definition) is 4. The van der Waals surface area contributed by atoms with Gasteiger partial charge in [0.15, 0.2) is 5.82 Å². The number of hydrogen-bond donors (Lipinski definition) is 2. The number of nitrogens with one attached hydrogen (secondary N) is 1. The van der Waals surface area contributed by atoms with Gasteiger partial charge in [0.05, 0.1) is 4.88 Å². The van der Waals surface area contributed by atoms with Crippen LogP contribution in [0.4, 0.5) is 0 Å². The Kier molecular flexibility index (Phi) is 4.11. The van der Waals surface area contributed by atoms with Crippen LogP contribution in [-0.2, 0) is 4.79 Å². The predicted molar refractivity (Wildman–Crippen MR) is 71.8 cm³/mol. The number of aromatic nitrogens is 2. The molecule has 0 saturated heterocycles. The highest BCUT2D eigenvalue weighted by Crippen LogP contribution is 2.27. The SMILES string of the molecule is CCCC(C(=O)NN)n1ccnc1-c1cccs1. The van der Waals surface area contributed by atoms with Crippen LogP contribution >= 0.6 is 11.3 Å². The number of thiophene rings is 1. The summed E-state index contributed by atoms with van der Waals surface area (Å²) in [6, 6.07) is 3.66. The summed E-state index contributed by atoms with van der Waals surface area (Å²) >= 11 is 1.60. The Morgan fingerprint density at radius 2 is 2.50 bits per heavy atom. The van der Waals surface area contributed by atoms with Crippen molar-refractivity contribution in [2.75, 3.05) is 0 Å². The molecule has 2 aromatic heterocycles. The lowest BCUT2D eigenvalue weighted by Crippen LogP contribution is -2.37. The fourth-order valence-corrected chi connectivity index (χ4v) is 2.65. The van der Waals surface area contributed by atoms with Crippen molar-refractivity contribution in [3.8, 4) is 10.7 Å². The van der Waals surface area contributed by atoms with Gasteiger partial charge in [-0.3, -0.25) is 10.2 Å². The average Bonchev–Trinajstić information content (AvgIpc) is 3.04. The third kappa shape index (κ3) is 2.44. The van der Waals surface area contributed by atoms with Crippen molar-refractivity contribution < 1.29 is 4.79 Å². The Bertz CT molecular complexity index is 506. The predicted octanol–water partition coefficient (Wildman–Crippen LogP) is 1.94. The van der Waals surface area contributed by atoms with Crippen molar-refractivity contribution in [2.45, 2.75) is 25.8 Å². The maximum absolute atomic E-state index is 11.8. The summed E-state index contributed by atoms with van der Waals surface area (Å²) in [4.78, 5) is 17.2. The molecule has 0 bridgehead atoms. The van der Waals surface area contributed by atoms with E-state index in [1.165, 1.54) is 0 Å². The molecule has 18 heavy (non-hydrogen) atoms. The molecule has 6 heteroatoms. The topological polar surface area (TPSA) is 72.9 Å². The minimum Gasteiger partial charge on any atom is -0.318 e. The maximum Gasteiger partial charge on any atom is 0.256 e. The van der Waals surface area contributed by atoms with Crippen LogP contribution in [0.3, 0.4) is 0 Å². The van der Waals surface area contributed by atoms with Gasteiger partial charge in [-0.2, -0.15) is 0 Å². The number of imidazole rings is 1. The van der Waals surface area contributed by atoms with Crippen molar-refractivity contribution in [2.24, 2.45) is 5.84 Å². The largest absolute Gasteiger partial charge is 0.318 e. The van der Waals surface area contributed by atoms with Gasteiger partial charge < -0.3 is 4.57 Å². The van der Waals surface area contributed by atoms with Crippen molar-refractivity contribution in [3.05, 3.63) is 29.9 Å². The molecule has 96 valence electrons. The van der Waals surface area contributed by atoms with Gasteiger partial charge in [-0.1, -0.05) is 19.4 Å². The zero-order chi connectivity index (χ0) is 13.0. The summed E-state index contributed by atoms with van der Waals surface area (Å²) in [7, 11) is 0. The van der Waals surface area contributed by atoms with Gasteiger partial charge in [0.1, 0.15) is 6.04 Å². The molecule has 0 fully saturated rings. The van der Waals surface area contributed by atoms with Crippen LogP contribution in [0.5, 0.6) is 0 Å². The molecule has 1 amide bonds. The first-order valence-corrected chi connectivity index (χ1v) is 6.73. The van der Waals surface area contributed by atoms with Crippen LogP contribution in [-0.4, -0.2) is 15.5 Å². The second-order valence-corrected chi connectivity index (χ2v) is 4.90. The van der Waals surface area contributed by atoms with E-state index in [1.807, 2.05) is 35.2 Å². The van der Waals surface area contributed by atoms with Crippen molar-refractivity contribution in [3.63, 3.8) is 0 Å². The van der Waals surface area contributed by atoms with Crippen molar-refractivity contribution >= 4 is 17.2 Å². The minimum atomic E-state index is -0.306. The lowest BCUT2D eigenvalue weighted by molar-refractivity contribution is -0.124. The van der Waals surface area contributed by atoms with E-state index in [-0.39, 0.29) is 11.9 Å². The summed E-state index contributed by atoms with van der Waals surface area (Å²) in [6.45, 7) is 2.04. The smallest absolute Gasteiger partial charge is 0.256 e. The third-order valence-electron chi connectivity index (χ3n) is 2.75. The molecule has 0 aliphatic carbocycles. The van der Waals surface area contributed by atoms with Crippen molar-refractivity contribution in [1.29, 1.82) is 0 Å². The summed E-state index contributed by atoms with van der Waals surface area (Å²) in [5.41, 5.74) is 2.23. The number of hydrazine groups is 1. The highest BCUT2D eigenvalue weighted by atomic mass is 32.1. The van der Waals surface area contributed by atoms with E-state index in [9.17, 15) is 4.79 Å². The fraction of sp³-hybridized carbons (Fsp3) is 0.333. The van der Waals surface area contributed by atoms with Crippen molar-refractivity contribution in [1.82, 2.24) is 15.0 Å². The van der Waals surface area contributed by atoms with Crippen LogP contribution in [0.1, 0.15) is 25.8 Å². The zero-order valence-electron chi connectivity index (χ0n) is 10.2. The van der Waals surface area contributed by atoms with E-state index >= 15 is 0 Å². The molecule has 1 atom stereocenters. The lowest BCUT2D eigenvalue weighted by atomic mass is 10.1. The normalized spacial score (nSPS) is 12.3. The van der Waals surface area contributed by atoms with E-state index in [2.05, 4.69) is 10.4 Å².